The number of pyridine rings is 1. The molecule has 0 aliphatic rings. The number of hydrogen-bond donors (Lipinski definition) is 0. The fraction of sp³-hybridized carbons (Fsp3) is 0.455. The number of benzene rings is 1. The Morgan fingerprint density at radius 1 is 1.07 bits per heavy atom. The van der Waals surface area contributed by atoms with Crippen LogP contribution in [0.4, 0.5) is 5.69 Å². The molecule has 152 valence electrons. The lowest BCUT2D eigenvalue weighted by Crippen LogP contribution is -2.26. The van der Waals surface area contributed by atoms with Crippen molar-refractivity contribution in [3.8, 4) is 17.4 Å². The molecule has 0 radical (unpaired) electrons. The van der Waals surface area contributed by atoms with Crippen LogP contribution >= 0.6 is 0 Å². The number of aryl methyl sites for hydroxylation is 3. The van der Waals surface area contributed by atoms with Crippen LogP contribution in [0.25, 0.3) is 0 Å². The Labute approximate surface area is 167 Å². The molecule has 2 aromatic rings. The first kappa shape index (κ1) is 21.5. The van der Waals surface area contributed by atoms with Gasteiger partial charge in [-0.15, -0.1) is 0 Å². The average molecular weight is 386 g/mol. The molecule has 6 nitrogen and oxygen atoms in total. The maximum Gasteiger partial charge on any atom is 0.345 e. The first-order valence-corrected chi connectivity index (χ1v) is 9.54. The van der Waals surface area contributed by atoms with E-state index in [0.717, 1.165) is 47.8 Å². The largest absolute Gasteiger partial charge is 0.497 e. The lowest BCUT2D eigenvalue weighted by molar-refractivity contribution is 0.0597. The summed E-state index contributed by atoms with van der Waals surface area (Å²) >= 11 is 0. The van der Waals surface area contributed by atoms with E-state index < -0.39 is 5.97 Å². The SMILES string of the molecule is CCCN(CC)c1cc(C)nc(Oc2c(C)cc(OC)cc2C)c1C(=O)OC. The van der Waals surface area contributed by atoms with Gasteiger partial charge in [-0.25, -0.2) is 9.78 Å². The van der Waals surface area contributed by atoms with Crippen molar-refractivity contribution in [2.75, 3.05) is 32.2 Å². The molecule has 0 bridgehead atoms. The highest BCUT2D eigenvalue weighted by Gasteiger charge is 2.25. The second kappa shape index (κ2) is 9.44. The average Bonchev–Trinajstić information content (AvgIpc) is 2.67. The van der Waals surface area contributed by atoms with Gasteiger partial charge < -0.3 is 19.1 Å². The number of hydrogen-bond acceptors (Lipinski definition) is 6. The van der Waals surface area contributed by atoms with Crippen LogP contribution in [-0.4, -0.2) is 38.3 Å². The van der Waals surface area contributed by atoms with E-state index in [4.69, 9.17) is 14.2 Å². The molecular formula is C22H30N2O4. The first-order valence-electron chi connectivity index (χ1n) is 9.54. The van der Waals surface area contributed by atoms with Crippen molar-refractivity contribution in [3.63, 3.8) is 0 Å². The van der Waals surface area contributed by atoms with E-state index in [9.17, 15) is 4.79 Å². The summed E-state index contributed by atoms with van der Waals surface area (Å²) in [5, 5.41) is 0. The molecule has 2 rings (SSSR count). The molecule has 0 aliphatic carbocycles. The minimum atomic E-state index is -0.462. The number of carbonyl (C=O) groups excluding carboxylic acids is 1. The van der Waals surface area contributed by atoms with Crippen LogP contribution < -0.4 is 14.4 Å². The van der Waals surface area contributed by atoms with Gasteiger partial charge >= 0.3 is 5.97 Å². The highest BCUT2D eigenvalue weighted by Crippen LogP contribution is 2.36. The molecule has 28 heavy (non-hydrogen) atoms. The van der Waals surface area contributed by atoms with Gasteiger partial charge in [-0.3, -0.25) is 0 Å². The van der Waals surface area contributed by atoms with Crippen molar-refractivity contribution in [2.45, 2.75) is 41.0 Å². The third-order valence-electron chi connectivity index (χ3n) is 4.57. The highest BCUT2D eigenvalue weighted by molar-refractivity contribution is 5.98. The summed E-state index contributed by atoms with van der Waals surface area (Å²) < 4.78 is 16.6. The van der Waals surface area contributed by atoms with Gasteiger partial charge in [0.25, 0.3) is 0 Å². The van der Waals surface area contributed by atoms with Gasteiger partial charge in [0.2, 0.25) is 5.88 Å². The number of aromatic nitrogens is 1. The van der Waals surface area contributed by atoms with Crippen LogP contribution in [0.2, 0.25) is 0 Å². The molecular weight excluding hydrogens is 356 g/mol. The van der Waals surface area contributed by atoms with E-state index in [0.29, 0.717) is 11.3 Å². The number of carbonyl (C=O) groups is 1. The smallest absolute Gasteiger partial charge is 0.345 e. The van der Waals surface area contributed by atoms with E-state index in [1.54, 1.807) is 7.11 Å². The van der Waals surface area contributed by atoms with Crippen LogP contribution in [0.3, 0.4) is 0 Å². The Morgan fingerprint density at radius 3 is 2.21 bits per heavy atom. The van der Waals surface area contributed by atoms with Crippen molar-refractivity contribution in [1.29, 1.82) is 0 Å². The van der Waals surface area contributed by atoms with E-state index >= 15 is 0 Å². The third kappa shape index (κ3) is 4.55. The summed E-state index contributed by atoms with van der Waals surface area (Å²) in [4.78, 5) is 19.3. The molecule has 6 heteroatoms. The zero-order valence-electron chi connectivity index (χ0n) is 17.9. The molecule has 0 fully saturated rings. The summed E-state index contributed by atoms with van der Waals surface area (Å²) in [5.41, 5.74) is 3.70. The van der Waals surface area contributed by atoms with Crippen molar-refractivity contribution in [2.24, 2.45) is 0 Å². The first-order chi connectivity index (χ1) is 13.4. The number of esters is 1. The molecule has 0 saturated carbocycles. The maximum absolute atomic E-state index is 12.7. The van der Waals surface area contributed by atoms with Gasteiger partial charge in [-0.1, -0.05) is 6.92 Å². The van der Waals surface area contributed by atoms with E-state index in [1.165, 1.54) is 7.11 Å². The van der Waals surface area contributed by atoms with E-state index in [-0.39, 0.29) is 5.88 Å². The Bertz CT molecular complexity index is 826. The molecule has 0 saturated heterocycles. The summed E-state index contributed by atoms with van der Waals surface area (Å²) in [6.45, 7) is 11.5. The zero-order valence-corrected chi connectivity index (χ0v) is 17.9. The Morgan fingerprint density at radius 2 is 1.71 bits per heavy atom. The summed E-state index contributed by atoms with van der Waals surface area (Å²) in [6.07, 6.45) is 0.961. The van der Waals surface area contributed by atoms with Crippen molar-refractivity contribution >= 4 is 11.7 Å². The van der Waals surface area contributed by atoms with Gasteiger partial charge in [-0.2, -0.15) is 0 Å². The van der Waals surface area contributed by atoms with Gasteiger partial charge in [-0.05, 0) is 63.4 Å². The Balaban J connectivity index is 2.64. The Kier molecular flexibility index (Phi) is 7.26. The molecule has 1 aromatic heterocycles. The van der Waals surface area contributed by atoms with E-state index in [2.05, 4.69) is 23.7 Å². The van der Waals surface area contributed by atoms with Crippen molar-refractivity contribution in [3.05, 3.63) is 40.6 Å². The lowest BCUT2D eigenvalue weighted by Gasteiger charge is -2.26. The van der Waals surface area contributed by atoms with Crippen molar-refractivity contribution < 1.29 is 19.0 Å². The topological polar surface area (TPSA) is 60.9 Å². The fourth-order valence-corrected chi connectivity index (χ4v) is 3.25. The second-order valence-electron chi connectivity index (χ2n) is 6.73. The predicted octanol–water partition coefficient (Wildman–Crippen LogP) is 4.83. The number of rotatable bonds is 8. The van der Waals surface area contributed by atoms with E-state index in [1.807, 2.05) is 39.0 Å². The number of ether oxygens (including phenoxy) is 3. The summed E-state index contributed by atoms with van der Waals surface area (Å²) in [6, 6.07) is 5.70. The minimum absolute atomic E-state index is 0.257. The van der Waals surface area contributed by atoms with Gasteiger partial charge in [0.05, 0.1) is 19.9 Å². The normalized spacial score (nSPS) is 10.5. The third-order valence-corrected chi connectivity index (χ3v) is 4.57. The highest BCUT2D eigenvalue weighted by atomic mass is 16.5. The molecule has 0 N–H and O–H groups in total. The number of anilines is 1. The quantitative estimate of drug-likeness (QED) is 0.606. The monoisotopic (exact) mass is 386 g/mol. The fourth-order valence-electron chi connectivity index (χ4n) is 3.25. The predicted molar refractivity (Wildman–Crippen MR) is 111 cm³/mol. The van der Waals surface area contributed by atoms with Crippen LogP contribution in [-0.2, 0) is 4.74 Å². The van der Waals surface area contributed by atoms with Crippen LogP contribution in [0.5, 0.6) is 17.4 Å². The standard InChI is InChI=1S/C22H30N2O4/c1-8-10-24(9-2)18-13-16(5)23-21(19(18)22(25)27-7)28-20-14(3)11-17(26-6)12-15(20)4/h11-13H,8-10H2,1-7H3. The van der Waals surface area contributed by atoms with Gasteiger partial charge in [0.1, 0.15) is 17.1 Å². The number of methoxy groups -OCH3 is 2. The molecule has 0 spiro atoms. The minimum Gasteiger partial charge on any atom is -0.497 e. The molecule has 0 aliphatic heterocycles. The zero-order chi connectivity index (χ0) is 20.8. The molecule has 0 unspecified atom stereocenters. The van der Waals surface area contributed by atoms with Crippen molar-refractivity contribution in [1.82, 2.24) is 4.98 Å². The molecule has 1 heterocycles. The second-order valence-corrected chi connectivity index (χ2v) is 6.73. The van der Waals surface area contributed by atoms with Crippen LogP contribution in [0.15, 0.2) is 18.2 Å². The van der Waals surface area contributed by atoms with Gasteiger partial charge in [0, 0.05) is 18.8 Å². The molecule has 0 atom stereocenters. The van der Waals surface area contributed by atoms with Gasteiger partial charge in [0.15, 0.2) is 0 Å². The van der Waals surface area contributed by atoms with Crippen LogP contribution in [0.1, 0.15) is 47.4 Å². The Hall–Kier alpha value is -2.76. The van der Waals surface area contributed by atoms with Crippen LogP contribution in [0, 0.1) is 20.8 Å². The maximum atomic E-state index is 12.7. The summed E-state index contributed by atoms with van der Waals surface area (Å²) in [7, 11) is 3.00. The molecule has 0 amide bonds. The lowest BCUT2D eigenvalue weighted by atomic mass is 10.1. The number of nitrogens with zero attached hydrogens (tertiary/aromatic N) is 2. The summed E-state index contributed by atoms with van der Waals surface area (Å²) in [5.74, 6) is 1.21. The molecule has 1 aromatic carbocycles.